The second-order valence-corrected chi connectivity index (χ2v) is 5.98. The first-order valence-electron chi connectivity index (χ1n) is 7.11. The third-order valence-electron chi connectivity index (χ3n) is 3.54. The topological polar surface area (TPSA) is 42.1 Å². The van der Waals surface area contributed by atoms with Gasteiger partial charge >= 0.3 is 0 Å². The van der Waals surface area contributed by atoms with E-state index in [2.05, 4.69) is 16.9 Å². The minimum absolute atomic E-state index is 0.0148. The zero-order chi connectivity index (χ0) is 15.4. The molecule has 0 saturated heterocycles. The van der Waals surface area contributed by atoms with E-state index < -0.39 is 0 Å². The van der Waals surface area contributed by atoms with Gasteiger partial charge in [0.25, 0.3) is 0 Å². The molecule has 1 aromatic carbocycles. The minimum atomic E-state index is 0.0148. The molecule has 0 fully saturated rings. The molecule has 2 unspecified atom stereocenters. The molecule has 0 amide bonds. The fourth-order valence-electron chi connectivity index (χ4n) is 2.66. The maximum Gasteiger partial charge on any atom is 0.0547 e. The number of rotatable bonds is 5. The van der Waals surface area contributed by atoms with Gasteiger partial charge in [0, 0.05) is 29.3 Å². The number of hydrogen-bond acceptors (Lipinski definition) is 3. The number of pyridine rings is 1. The first-order chi connectivity index (χ1) is 9.97. The standard InChI is InChI=1S/C17H22ClN3/c1-12-5-4-6-16(20-12)11-21(3)17(13(2)19)14-7-9-15(18)10-8-14/h4-10,13,17H,11,19H2,1-3H3. The van der Waals surface area contributed by atoms with Crippen LogP contribution in [0.2, 0.25) is 5.02 Å². The summed E-state index contributed by atoms with van der Waals surface area (Å²) in [5.74, 6) is 0. The van der Waals surface area contributed by atoms with Gasteiger partial charge in [-0.15, -0.1) is 0 Å². The molecule has 112 valence electrons. The van der Waals surface area contributed by atoms with Crippen LogP contribution in [0.4, 0.5) is 0 Å². The Morgan fingerprint density at radius 2 is 1.86 bits per heavy atom. The van der Waals surface area contributed by atoms with Crippen LogP contribution in [0.5, 0.6) is 0 Å². The van der Waals surface area contributed by atoms with Crippen molar-refractivity contribution in [1.82, 2.24) is 9.88 Å². The van der Waals surface area contributed by atoms with Gasteiger partial charge in [0.2, 0.25) is 0 Å². The fourth-order valence-corrected chi connectivity index (χ4v) is 2.79. The van der Waals surface area contributed by atoms with E-state index >= 15 is 0 Å². The maximum absolute atomic E-state index is 6.20. The Morgan fingerprint density at radius 3 is 2.43 bits per heavy atom. The van der Waals surface area contributed by atoms with Crippen molar-refractivity contribution in [2.45, 2.75) is 32.5 Å². The van der Waals surface area contributed by atoms with Gasteiger partial charge in [0.1, 0.15) is 0 Å². The molecule has 1 heterocycles. The molecule has 0 saturated carbocycles. The van der Waals surface area contributed by atoms with Gasteiger partial charge in [-0.1, -0.05) is 29.8 Å². The van der Waals surface area contributed by atoms with Crippen molar-refractivity contribution in [3.63, 3.8) is 0 Å². The van der Waals surface area contributed by atoms with Crippen LogP contribution in [0.3, 0.4) is 0 Å². The number of hydrogen-bond donors (Lipinski definition) is 1. The van der Waals surface area contributed by atoms with Crippen LogP contribution in [0.1, 0.15) is 29.9 Å². The molecule has 1 aromatic heterocycles. The third-order valence-corrected chi connectivity index (χ3v) is 3.79. The largest absolute Gasteiger partial charge is 0.326 e. The van der Waals surface area contributed by atoms with Crippen LogP contribution in [0.15, 0.2) is 42.5 Å². The lowest BCUT2D eigenvalue weighted by atomic mass is 9.99. The number of aromatic nitrogens is 1. The first-order valence-corrected chi connectivity index (χ1v) is 7.49. The monoisotopic (exact) mass is 303 g/mol. The lowest BCUT2D eigenvalue weighted by Crippen LogP contribution is -2.37. The first kappa shape index (κ1) is 16.0. The van der Waals surface area contributed by atoms with E-state index in [1.54, 1.807) is 0 Å². The number of benzene rings is 1. The van der Waals surface area contributed by atoms with Gasteiger partial charge in [-0.2, -0.15) is 0 Å². The number of likely N-dealkylation sites (N-methyl/N-ethyl adjacent to an activating group) is 1. The van der Waals surface area contributed by atoms with Crippen molar-refractivity contribution in [3.8, 4) is 0 Å². The second-order valence-electron chi connectivity index (χ2n) is 5.54. The zero-order valence-corrected chi connectivity index (χ0v) is 13.5. The van der Waals surface area contributed by atoms with Crippen LogP contribution in [0, 0.1) is 6.92 Å². The molecule has 0 spiro atoms. The van der Waals surface area contributed by atoms with E-state index in [1.807, 2.05) is 56.3 Å². The smallest absolute Gasteiger partial charge is 0.0547 e. The van der Waals surface area contributed by atoms with Crippen molar-refractivity contribution < 1.29 is 0 Å². The number of nitrogens with two attached hydrogens (primary N) is 1. The summed E-state index contributed by atoms with van der Waals surface area (Å²) in [6, 6.07) is 14.1. The zero-order valence-electron chi connectivity index (χ0n) is 12.8. The Morgan fingerprint density at radius 1 is 1.19 bits per heavy atom. The molecule has 2 rings (SSSR count). The number of halogens is 1. The number of nitrogens with zero attached hydrogens (tertiary/aromatic N) is 2. The van der Waals surface area contributed by atoms with Gasteiger partial charge in [0.15, 0.2) is 0 Å². The van der Waals surface area contributed by atoms with Crippen molar-refractivity contribution in [2.75, 3.05) is 7.05 Å². The van der Waals surface area contributed by atoms with E-state index in [-0.39, 0.29) is 12.1 Å². The van der Waals surface area contributed by atoms with Crippen molar-refractivity contribution in [1.29, 1.82) is 0 Å². The van der Waals surface area contributed by atoms with Gasteiger partial charge < -0.3 is 5.73 Å². The maximum atomic E-state index is 6.20. The van der Waals surface area contributed by atoms with Crippen LogP contribution < -0.4 is 5.73 Å². The van der Waals surface area contributed by atoms with E-state index in [1.165, 1.54) is 5.56 Å². The third kappa shape index (κ3) is 4.27. The molecule has 4 heteroatoms. The Bertz CT molecular complexity index is 581. The Balaban J connectivity index is 2.19. The van der Waals surface area contributed by atoms with Crippen LogP contribution in [-0.4, -0.2) is 23.0 Å². The van der Waals surface area contributed by atoms with Crippen LogP contribution >= 0.6 is 11.6 Å². The van der Waals surface area contributed by atoms with Crippen LogP contribution in [0.25, 0.3) is 0 Å². The lowest BCUT2D eigenvalue weighted by molar-refractivity contribution is 0.208. The lowest BCUT2D eigenvalue weighted by Gasteiger charge is -2.31. The van der Waals surface area contributed by atoms with Crippen molar-refractivity contribution in [2.24, 2.45) is 5.73 Å². The van der Waals surface area contributed by atoms with E-state index in [0.29, 0.717) is 0 Å². The van der Waals surface area contributed by atoms with Gasteiger partial charge in [-0.25, -0.2) is 0 Å². The average Bonchev–Trinajstić information content (AvgIpc) is 2.41. The minimum Gasteiger partial charge on any atom is -0.326 e. The molecule has 0 bridgehead atoms. The molecule has 2 N–H and O–H groups in total. The van der Waals surface area contributed by atoms with Gasteiger partial charge in [0.05, 0.1) is 5.69 Å². The highest BCUT2D eigenvalue weighted by Crippen LogP contribution is 2.25. The SMILES string of the molecule is Cc1cccc(CN(C)C(c2ccc(Cl)cc2)C(C)N)n1. The Kier molecular flexibility index (Phi) is 5.34. The summed E-state index contributed by atoms with van der Waals surface area (Å²) in [7, 11) is 2.08. The number of aryl methyl sites for hydroxylation is 1. The molecule has 0 aliphatic rings. The molecule has 3 nitrogen and oxygen atoms in total. The van der Waals surface area contributed by atoms with Crippen molar-refractivity contribution >= 4 is 11.6 Å². The highest BCUT2D eigenvalue weighted by molar-refractivity contribution is 6.30. The quantitative estimate of drug-likeness (QED) is 0.918. The second kappa shape index (κ2) is 7.03. The summed E-state index contributed by atoms with van der Waals surface area (Å²) in [5.41, 5.74) is 9.45. The normalized spacial score (nSPS) is 14.2. The summed E-state index contributed by atoms with van der Waals surface area (Å²) in [6.07, 6.45) is 0. The Labute approximate surface area is 131 Å². The molecule has 0 aliphatic heterocycles. The predicted octanol–water partition coefficient (Wildman–Crippen LogP) is 3.56. The summed E-state index contributed by atoms with van der Waals surface area (Å²) in [5, 5.41) is 0.741. The molecule has 0 aliphatic carbocycles. The van der Waals surface area contributed by atoms with E-state index in [0.717, 1.165) is 23.0 Å². The molecule has 2 aromatic rings. The molecule has 0 radical (unpaired) electrons. The summed E-state index contributed by atoms with van der Waals surface area (Å²) in [4.78, 5) is 6.79. The van der Waals surface area contributed by atoms with Crippen LogP contribution in [-0.2, 0) is 6.54 Å². The van der Waals surface area contributed by atoms with E-state index in [9.17, 15) is 0 Å². The molecular formula is C17H22ClN3. The highest BCUT2D eigenvalue weighted by Gasteiger charge is 2.21. The fraction of sp³-hybridized carbons (Fsp3) is 0.353. The van der Waals surface area contributed by atoms with Gasteiger partial charge in [-0.05, 0) is 50.7 Å². The predicted molar refractivity (Wildman–Crippen MR) is 88.3 cm³/mol. The average molecular weight is 304 g/mol. The van der Waals surface area contributed by atoms with Gasteiger partial charge in [-0.3, -0.25) is 9.88 Å². The summed E-state index contributed by atoms with van der Waals surface area (Å²) < 4.78 is 0. The van der Waals surface area contributed by atoms with Crippen molar-refractivity contribution in [3.05, 3.63) is 64.4 Å². The summed E-state index contributed by atoms with van der Waals surface area (Å²) in [6.45, 7) is 4.79. The summed E-state index contributed by atoms with van der Waals surface area (Å²) >= 11 is 5.97. The molecular weight excluding hydrogens is 282 g/mol. The highest BCUT2D eigenvalue weighted by atomic mass is 35.5. The van der Waals surface area contributed by atoms with E-state index in [4.69, 9.17) is 17.3 Å². The molecule has 21 heavy (non-hydrogen) atoms. The molecule has 2 atom stereocenters. The Hall–Kier alpha value is -1.42.